The van der Waals surface area contributed by atoms with Crippen molar-refractivity contribution >= 4 is 28.8 Å². The van der Waals surface area contributed by atoms with Gasteiger partial charge in [0.2, 0.25) is 11.8 Å². The molecule has 12 heteroatoms. The van der Waals surface area contributed by atoms with Gasteiger partial charge in [0.15, 0.2) is 5.82 Å². The van der Waals surface area contributed by atoms with Crippen molar-refractivity contribution in [2.24, 2.45) is 0 Å². The Balaban J connectivity index is 1.49. The maximum Gasteiger partial charge on any atom is 0.326 e. The fourth-order valence-electron chi connectivity index (χ4n) is 5.78. The summed E-state index contributed by atoms with van der Waals surface area (Å²) >= 11 is 0. The van der Waals surface area contributed by atoms with Gasteiger partial charge in [0.1, 0.15) is 29.8 Å². The molecule has 1 aromatic heterocycles. The van der Waals surface area contributed by atoms with Gasteiger partial charge in [-0.05, 0) is 75.4 Å². The molecule has 0 saturated carbocycles. The third-order valence-electron chi connectivity index (χ3n) is 8.29. The van der Waals surface area contributed by atoms with Crippen LogP contribution in [0.5, 0.6) is 11.6 Å². The standard InChI is InChI=1S/C33H38FN5O6/c1-20-27(44-3)16-15-24-28(20)36-29(21-11-13-22(34)14-12-21)37-31(24)45-23-18-26-30(40)35-25(32(41)42)10-8-6-4-5-7-9-17-38(2)33(43)39(26)19-23/h4,6,11-16,23,25-26H,5,7-10,17-19H2,1-3H3,(H,35,40)(H,41,42). The molecule has 2 aliphatic rings. The number of carbonyl (C=O) groups is 3. The zero-order chi connectivity index (χ0) is 32.1. The zero-order valence-corrected chi connectivity index (χ0v) is 25.7. The van der Waals surface area contributed by atoms with Crippen LogP contribution in [0.15, 0.2) is 48.6 Å². The normalized spacial score (nSPS) is 21.6. The summed E-state index contributed by atoms with van der Waals surface area (Å²) in [6.07, 6.45) is 6.68. The molecule has 3 unspecified atom stereocenters. The second kappa shape index (κ2) is 13.9. The van der Waals surface area contributed by atoms with Gasteiger partial charge in [-0.15, -0.1) is 0 Å². The van der Waals surface area contributed by atoms with Gasteiger partial charge in [0, 0.05) is 31.1 Å². The molecule has 2 aromatic carbocycles. The van der Waals surface area contributed by atoms with Crippen LogP contribution in [0.2, 0.25) is 0 Å². The molecule has 0 aliphatic carbocycles. The second-order valence-electron chi connectivity index (χ2n) is 11.4. The fourth-order valence-corrected chi connectivity index (χ4v) is 5.78. The molecule has 11 nitrogen and oxygen atoms in total. The predicted octanol–water partition coefficient (Wildman–Crippen LogP) is 4.72. The number of nitrogens with zero attached hydrogens (tertiary/aromatic N) is 4. The van der Waals surface area contributed by atoms with Crippen molar-refractivity contribution < 1.29 is 33.4 Å². The largest absolute Gasteiger partial charge is 0.496 e. The third-order valence-corrected chi connectivity index (χ3v) is 8.29. The van der Waals surface area contributed by atoms with Gasteiger partial charge < -0.3 is 29.7 Å². The summed E-state index contributed by atoms with van der Waals surface area (Å²) in [4.78, 5) is 51.7. The highest BCUT2D eigenvalue weighted by Gasteiger charge is 2.43. The molecule has 238 valence electrons. The number of nitrogens with one attached hydrogen (secondary N) is 1. The Kier molecular flexibility index (Phi) is 9.80. The maximum atomic E-state index is 13.7. The van der Waals surface area contributed by atoms with Crippen LogP contribution in [0, 0.1) is 12.7 Å². The number of aliphatic carboxylic acids is 1. The molecule has 0 bridgehead atoms. The molecule has 3 amide bonds. The lowest BCUT2D eigenvalue weighted by Crippen LogP contribution is -2.53. The van der Waals surface area contributed by atoms with Crippen LogP contribution < -0.4 is 14.8 Å². The van der Waals surface area contributed by atoms with Gasteiger partial charge in [0.05, 0.1) is 24.6 Å². The fraction of sp³-hybridized carbons (Fsp3) is 0.424. The van der Waals surface area contributed by atoms with Crippen LogP contribution in [0.4, 0.5) is 9.18 Å². The number of hydrogen-bond donors (Lipinski definition) is 2. The number of halogens is 1. The minimum absolute atomic E-state index is 0.0903. The quantitative estimate of drug-likeness (QED) is 0.392. The number of aryl methyl sites for hydroxylation is 1. The average molecular weight is 620 g/mol. The molecule has 3 atom stereocenters. The van der Waals surface area contributed by atoms with Crippen molar-refractivity contribution in [2.75, 3.05) is 27.2 Å². The molecular weight excluding hydrogens is 581 g/mol. The van der Waals surface area contributed by atoms with Crippen molar-refractivity contribution in [2.45, 2.75) is 63.6 Å². The van der Waals surface area contributed by atoms with Crippen molar-refractivity contribution in [1.29, 1.82) is 0 Å². The zero-order valence-electron chi connectivity index (χ0n) is 25.7. The maximum absolute atomic E-state index is 13.7. The van der Waals surface area contributed by atoms with Crippen LogP contribution in [0.1, 0.15) is 44.1 Å². The van der Waals surface area contributed by atoms with E-state index in [1.54, 1.807) is 43.3 Å². The molecule has 45 heavy (non-hydrogen) atoms. The molecule has 1 saturated heterocycles. The van der Waals surface area contributed by atoms with Gasteiger partial charge >= 0.3 is 12.0 Å². The highest BCUT2D eigenvalue weighted by Crippen LogP contribution is 2.35. The first-order valence-electron chi connectivity index (χ1n) is 15.1. The van der Waals surface area contributed by atoms with Crippen LogP contribution in [0.25, 0.3) is 22.3 Å². The molecule has 5 rings (SSSR count). The number of aromatic nitrogens is 2. The van der Waals surface area contributed by atoms with E-state index in [2.05, 4.69) is 5.32 Å². The molecule has 3 heterocycles. The minimum atomic E-state index is -1.13. The Labute approximate surface area is 261 Å². The molecule has 3 aromatic rings. The third kappa shape index (κ3) is 7.16. The summed E-state index contributed by atoms with van der Waals surface area (Å²) in [5, 5.41) is 13.0. The van der Waals surface area contributed by atoms with Crippen molar-refractivity contribution in [3.05, 3.63) is 59.9 Å². The van der Waals surface area contributed by atoms with Crippen LogP contribution in [-0.2, 0) is 9.59 Å². The smallest absolute Gasteiger partial charge is 0.326 e. The van der Waals surface area contributed by atoms with Crippen LogP contribution in [-0.4, -0.2) is 88.2 Å². The second-order valence-corrected chi connectivity index (χ2v) is 11.4. The number of amides is 3. The number of carbonyl (C=O) groups excluding carboxylic acids is 2. The summed E-state index contributed by atoms with van der Waals surface area (Å²) in [5.41, 5.74) is 1.92. The number of ether oxygens (including phenoxy) is 2. The lowest BCUT2D eigenvalue weighted by molar-refractivity contribution is -0.142. The van der Waals surface area contributed by atoms with E-state index in [-0.39, 0.29) is 31.3 Å². The molecule has 0 radical (unpaired) electrons. The van der Waals surface area contributed by atoms with Gasteiger partial charge in [-0.3, -0.25) is 4.79 Å². The Morgan fingerprint density at radius 3 is 2.56 bits per heavy atom. The highest BCUT2D eigenvalue weighted by molar-refractivity contribution is 5.91. The van der Waals surface area contributed by atoms with Gasteiger partial charge in [-0.2, -0.15) is 4.98 Å². The molecule has 2 aliphatic heterocycles. The van der Waals surface area contributed by atoms with E-state index in [1.165, 1.54) is 17.0 Å². The Hall–Kier alpha value is -4.74. The van der Waals surface area contributed by atoms with E-state index in [0.29, 0.717) is 41.0 Å². The summed E-state index contributed by atoms with van der Waals surface area (Å²) < 4.78 is 25.7. The van der Waals surface area contributed by atoms with Crippen molar-refractivity contribution in [3.8, 4) is 23.0 Å². The van der Waals surface area contributed by atoms with E-state index < -0.39 is 35.9 Å². The molecule has 2 N–H and O–H groups in total. The number of carboxylic acids is 1. The Bertz CT molecular complexity index is 1600. The van der Waals surface area contributed by atoms with Gasteiger partial charge in [0.25, 0.3) is 0 Å². The van der Waals surface area contributed by atoms with E-state index in [4.69, 9.17) is 19.4 Å². The van der Waals surface area contributed by atoms with Crippen LogP contribution >= 0.6 is 0 Å². The lowest BCUT2D eigenvalue weighted by Gasteiger charge is -2.29. The molecular formula is C33H38FN5O6. The summed E-state index contributed by atoms with van der Waals surface area (Å²) in [5.74, 6) is -0.888. The Morgan fingerprint density at radius 1 is 1.07 bits per heavy atom. The van der Waals surface area contributed by atoms with E-state index >= 15 is 0 Å². The van der Waals surface area contributed by atoms with E-state index in [1.807, 2.05) is 19.1 Å². The minimum Gasteiger partial charge on any atom is -0.496 e. The summed E-state index contributed by atoms with van der Waals surface area (Å²) in [7, 11) is 3.26. The predicted molar refractivity (Wildman–Crippen MR) is 166 cm³/mol. The number of carboxylic acid groups (broad SMARTS) is 1. The lowest BCUT2D eigenvalue weighted by atomic mass is 10.1. The number of methoxy groups -OCH3 is 1. The monoisotopic (exact) mass is 619 g/mol. The number of rotatable bonds is 5. The topological polar surface area (TPSA) is 134 Å². The number of fused-ring (bicyclic) bond motifs is 2. The van der Waals surface area contributed by atoms with E-state index in [9.17, 15) is 23.9 Å². The highest BCUT2D eigenvalue weighted by atomic mass is 19.1. The van der Waals surface area contributed by atoms with Crippen LogP contribution in [0.3, 0.4) is 0 Å². The summed E-state index contributed by atoms with van der Waals surface area (Å²) in [6.45, 7) is 2.47. The molecule has 0 spiro atoms. The number of allylic oxidation sites excluding steroid dienone is 2. The van der Waals surface area contributed by atoms with Crippen molar-refractivity contribution in [3.63, 3.8) is 0 Å². The first-order chi connectivity index (χ1) is 21.7. The van der Waals surface area contributed by atoms with Gasteiger partial charge in [-0.25, -0.2) is 19.0 Å². The Morgan fingerprint density at radius 2 is 1.82 bits per heavy atom. The summed E-state index contributed by atoms with van der Waals surface area (Å²) in [6, 6.07) is 7.01. The van der Waals surface area contributed by atoms with Gasteiger partial charge in [-0.1, -0.05) is 12.2 Å². The molecule has 1 fully saturated rings. The number of hydrogen-bond acceptors (Lipinski definition) is 7. The number of benzene rings is 2. The van der Waals surface area contributed by atoms with E-state index in [0.717, 1.165) is 24.8 Å². The van der Waals surface area contributed by atoms with Crippen molar-refractivity contribution in [1.82, 2.24) is 25.1 Å². The number of urea groups is 1. The SMILES string of the molecule is COc1ccc2c(OC3CC4C(=O)NC(C(=O)O)CCC=CCCCCN(C)C(=O)N4C3)nc(-c3ccc(F)cc3)nc2c1C. The first kappa shape index (κ1) is 31.7. The first-order valence-corrected chi connectivity index (χ1v) is 15.1. The average Bonchev–Trinajstić information content (AvgIpc) is 3.45.